The number of benzene rings is 4. The topological polar surface area (TPSA) is 236 Å². The summed E-state index contributed by atoms with van der Waals surface area (Å²) in [6.45, 7) is 4.32. The summed E-state index contributed by atoms with van der Waals surface area (Å²) in [4.78, 5) is 39.2. The van der Waals surface area contributed by atoms with Gasteiger partial charge in [-0.05, 0) is 73.5 Å². The molecule has 0 aliphatic heterocycles. The molecule has 0 fully saturated rings. The Morgan fingerprint density at radius 2 is 1.04 bits per heavy atom. The zero-order valence-corrected chi connectivity index (χ0v) is 47.5. The fourth-order valence-electron chi connectivity index (χ4n) is 7.79. The summed E-state index contributed by atoms with van der Waals surface area (Å²) in [5.74, 6) is -0.840. The molecule has 0 aliphatic rings. The number of ether oxygens (including phenoxy) is 5. The Hall–Kier alpha value is -7.38. The summed E-state index contributed by atoms with van der Waals surface area (Å²) in [6.07, 6.45) is -4.72. The predicted octanol–water partition coefficient (Wildman–Crippen LogP) is 9.98. The van der Waals surface area contributed by atoms with Crippen molar-refractivity contribution in [1.82, 2.24) is 29.1 Å². The minimum Gasteiger partial charge on any atom is -0.506 e. The molecule has 4 aromatic heterocycles. The Kier molecular flexibility index (Phi) is 23.1. The van der Waals surface area contributed by atoms with Gasteiger partial charge in [-0.2, -0.15) is 26.3 Å². The largest absolute Gasteiger partial charge is 0.506 e. The number of aromatic nitrogens is 6. The second kappa shape index (κ2) is 27.7. The summed E-state index contributed by atoms with van der Waals surface area (Å²) < 4.78 is 166. The van der Waals surface area contributed by atoms with Crippen LogP contribution in [0.2, 0.25) is 0 Å². The predicted molar refractivity (Wildman–Crippen MR) is 282 cm³/mol. The SMILES string of the molecule is C.CCOc1cc([C@@H](CS(C)(=O)=O)n2c(=O)[nH]c3cc(O)cnc32)ccc1OC.CCOc1cc([C@@H](CS(C)(=O)=O)n2c(=O)[nH]c3cc(Oc4ccccc4C(F)(F)F)cnc32)ccc1OC.Fc1ccccc1C(F)(F)F.[CH3-].[W]. The average Bonchev–Trinajstić information content (AvgIpc) is 3.85. The van der Waals surface area contributed by atoms with Gasteiger partial charge in [-0.3, -0.25) is 9.13 Å². The van der Waals surface area contributed by atoms with E-state index in [2.05, 4.69) is 19.9 Å². The molecule has 0 spiro atoms. The van der Waals surface area contributed by atoms with Gasteiger partial charge in [0.2, 0.25) is 0 Å². The average molecular weight is 1340 g/mol. The maximum Gasteiger partial charge on any atom is 0.419 e. The van der Waals surface area contributed by atoms with Gasteiger partial charge in [0.05, 0.1) is 85.6 Å². The molecule has 28 heteroatoms. The van der Waals surface area contributed by atoms with E-state index < -0.39 is 83.9 Å². The minimum atomic E-state index is -4.64. The standard InChI is InChI=1S/C25H24F3N3O6S.C18H21N3O6S.C7H4F4.CH4.CH3.W/c1-4-36-22-11-15(9-10-21(22)35-2)19(14-38(3,33)34)31-23-18(30-24(31)32)12-16(13-29-23)37-20-8-6-5-7-17(20)25(26,27)28;1-4-27-16-7-11(5-6-15(16)26-2)14(10-28(3,24)25)21-17-13(20-18(21)23)8-12(22)9-19-17;8-6-4-2-1-3-5(6)7(9,10)11;;;/h5-13,19H,4,14H2,1-3H3,(H,30,32);5-9,14,22H,4,10H2,1-3H3,(H,20,23);1-4H;1H4;1H3;/q;;;;-1;/t19-;14-;;;;/m11..../s1. The number of aromatic hydroxyl groups is 1. The van der Waals surface area contributed by atoms with Crippen molar-refractivity contribution in [3.8, 4) is 40.2 Å². The number of alkyl halides is 6. The summed E-state index contributed by atoms with van der Waals surface area (Å²) in [7, 11) is -4.08. The molecular weight excluding hydrogens is 1280 g/mol. The number of fused-ring (bicyclic) bond motifs is 2. The first-order valence-corrected chi connectivity index (χ1v) is 26.8. The Bertz CT molecular complexity index is 3740. The van der Waals surface area contributed by atoms with Crippen LogP contribution in [-0.2, 0) is 53.1 Å². The number of sulfone groups is 2. The van der Waals surface area contributed by atoms with Crippen LogP contribution in [0, 0.1) is 13.2 Å². The molecule has 0 unspecified atom stereocenters. The number of nitrogens with one attached hydrogen (secondary N) is 2. The number of rotatable bonds is 16. The van der Waals surface area contributed by atoms with E-state index in [-0.39, 0.29) is 70.0 Å². The number of pyridine rings is 2. The molecule has 8 aromatic rings. The molecule has 3 N–H and O–H groups in total. The number of aromatic amines is 2. The van der Waals surface area contributed by atoms with E-state index in [4.69, 9.17) is 23.7 Å². The van der Waals surface area contributed by atoms with Crippen LogP contribution in [0.25, 0.3) is 22.3 Å². The summed E-state index contributed by atoms with van der Waals surface area (Å²) in [5.41, 5.74) is -1.60. The van der Waals surface area contributed by atoms with E-state index >= 15 is 0 Å². The van der Waals surface area contributed by atoms with Crippen LogP contribution in [-0.4, -0.2) is 102 Å². The Morgan fingerprint density at radius 3 is 1.45 bits per heavy atom. The van der Waals surface area contributed by atoms with Gasteiger partial charge in [0.25, 0.3) is 0 Å². The fraction of sp³-hybridized carbons (Fsp3) is 0.288. The van der Waals surface area contributed by atoms with E-state index in [0.29, 0.717) is 58.9 Å². The van der Waals surface area contributed by atoms with Crippen LogP contribution in [0.15, 0.2) is 119 Å². The molecule has 8 rings (SSSR count). The summed E-state index contributed by atoms with van der Waals surface area (Å²) >= 11 is 0. The van der Waals surface area contributed by atoms with Crippen LogP contribution < -0.4 is 35.1 Å². The first-order valence-electron chi connectivity index (χ1n) is 22.7. The van der Waals surface area contributed by atoms with Gasteiger partial charge in [-0.15, -0.1) is 0 Å². The zero-order chi connectivity index (χ0) is 56.6. The minimum absolute atomic E-state index is 0. The summed E-state index contributed by atoms with van der Waals surface area (Å²) in [5, 5.41) is 9.61. The van der Waals surface area contributed by atoms with Crippen LogP contribution in [0.1, 0.15) is 55.6 Å². The normalized spacial score (nSPS) is 12.2. The van der Waals surface area contributed by atoms with Crippen molar-refractivity contribution in [3.63, 3.8) is 0 Å². The van der Waals surface area contributed by atoms with Crippen LogP contribution in [0.5, 0.6) is 40.2 Å². The number of nitrogens with zero attached hydrogens (tertiary/aromatic N) is 4. The van der Waals surface area contributed by atoms with Crippen molar-refractivity contribution in [2.24, 2.45) is 0 Å². The number of para-hydroxylation sites is 1. The van der Waals surface area contributed by atoms with Crippen molar-refractivity contribution in [2.45, 2.75) is 45.7 Å². The van der Waals surface area contributed by atoms with Crippen molar-refractivity contribution in [3.05, 3.63) is 166 Å². The van der Waals surface area contributed by atoms with Gasteiger partial charge in [0, 0.05) is 45.7 Å². The molecule has 18 nitrogen and oxygen atoms in total. The third kappa shape index (κ3) is 16.8. The molecule has 0 amide bonds. The number of hydrogen-bond acceptors (Lipinski definition) is 14. The van der Waals surface area contributed by atoms with Crippen molar-refractivity contribution < 1.29 is 97.4 Å². The van der Waals surface area contributed by atoms with Crippen LogP contribution in [0.4, 0.5) is 30.7 Å². The maximum absolute atomic E-state index is 13.4. The molecule has 0 saturated heterocycles. The molecule has 80 heavy (non-hydrogen) atoms. The monoisotopic (exact) mass is 1340 g/mol. The van der Waals surface area contributed by atoms with E-state index in [0.717, 1.165) is 36.9 Å². The number of methoxy groups -OCH3 is 2. The first kappa shape index (κ1) is 66.9. The van der Waals surface area contributed by atoms with Gasteiger partial charge < -0.3 is 46.2 Å². The second-order valence-electron chi connectivity index (χ2n) is 16.7. The molecule has 4 aromatic carbocycles. The zero-order valence-electron chi connectivity index (χ0n) is 43.0. The molecule has 2 atom stereocenters. The van der Waals surface area contributed by atoms with E-state index in [1.54, 1.807) is 43.3 Å². The Balaban J connectivity index is 0.000000351. The number of imidazole rings is 2. The third-order valence-corrected chi connectivity index (χ3v) is 12.8. The molecule has 434 valence electrons. The molecular formula is C52H56F7N6O12S2W-. The van der Waals surface area contributed by atoms with Gasteiger partial charge in [-0.1, -0.05) is 43.8 Å². The van der Waals surface area contributed by atoms with Crippen LogP contribution in [0.3, 0.4) is 0 Å². The molecule has 4 heterocycles. The van der Waals surface area contributed by atoms with Gasteiger partial charge in [0.15, 0.2) is 34.3 Å². The second-order valence-corrected chi connectivity index (χ2v) is 21.1. The summed E-state index contributed by atoms with van der Waals surface area (Å²) in [6, 6.07) is 19.2. The number of hydrogen-bond donors (Lipinski definition) is 3. The van der Waals surface area contributed by atoms with E-state index in [9.17, 15) is 62.3 Å². The molecule has 0 bridgehead atoms. The quantitative estimate of drug-likeness (QED) is 0.0603. The number of halogens is 7. The maximum atomic E-state index is 13.4. The fourth-order valence-corrected chi connectivity index (χ4v) is 9.62. The molecule has 0 aliphatic carbocycles. The third-order valence-electron chi connectivity index (χ3n) is 11.0. The van der Waals surface area contributed by atoms with Crippen molar-refractivity contribution >= 4 is 42.0 Å². The van der Waals surface area contributed by atoms with Crippen molar-refractivity contribution in [2.75, 3.05) is 51.5 Å². The van der Waals surface area contributed by atoms with Crippen molar-refractivity contribution in [1.29, 1.82) is 0 Å². The Labute approximate surface area is 469 Å². The molecule has 0 radical (unpaired) electrons. The van der Waals surface area contributed by atoms with Gasteiger partial charge in [0.1, 0.15) is 42.7 Å². The Morgan fingerprint density at radius 1 is 0.613 bits per heavy atom. The van der Waals surface area contributed by atoms with Crippen LogP contribution >= 0.6 is 0 Å². The molecule has 0 saturated carbocycles. The van der Waals surface area contributed by atoms with Gasteiger partial charge in [-0.25, -0.2) is 40.8 Å². The van der Waals surface area contributed by atoms with E-state index in [1.807, 2.05) is 6.92 Å². The smallest absolute Gasteiger partial charge is 0.419 e. The van der Waals surface area contributed by atoms with E-state index in [1.165, 1.54) is 65.9 Å². The first-order chi connectivity index (χ1) is 36.2. The number of H-pyrrole nitrogens is 2. The van der Waals surface area contributed by atoms with Gasteiger partial charge >= 0.3 is 23.7 Å².